The van der Waals surface area contributed by atoms with Crippen LogP contribution in [0.5, 0.6) is 0 Å². The van der Waals surface area contributed by atoms with E-state index in [-0.39, 0.29) is 48.9 Å². The molecule has 1 aromatic carbocycles. The summed E-state index contributed by atoms with van der Waals surface area (Å²) >= 11 is 6.11. The molecule has 1 aromatic rings. The summed E-state index contributed by atoms with van der Waals surface area (Å²) in [5, 5.41) is 9.43. The molecule has 0 aromatic heterocycles. The Kier molecular flexibility index (Phi) is 11.2. The normalized spacial score (nSPS) is 17.4. The van der Waals surface area contributed by atoms with Crippen molar-refractivity contribution in [1.29, 1.82) is 0 Å². The van der Waals surface area contributed by atoms with Gasteiger partial charge in [0.15, 0.2) is 5.96 Å². The average molecular weight is 562 g/mol. The van der Waals surface area contributed by atoms with E-state index in [9.17, 15) is 18.0 Å². The molecule has 1 saturated heterocycles. The number of carbonyl (C=O) groups is 1. The number of nitrogens with zero attached hydrogens (tertiary/aromatic N) is 2. The van der Waals surface area contributed by atoms with Crippen LogP contribution in [0, 0.1) is 6.92 Å². The highest BCUT2D eigenvalue weighted by molar-refractivity contribution is 14.0. The minimum Gasteiger partial charge on any atom is -0.357 e. The lowest BCUT2D eigenvalue weighted by atomic mass is 10.2. The first-order chi connectivity index (χ1) is 13.7. The Hall–Kier alpha value is -1.27. The molecule has 6 nitrogen and oxygen atoms in total. The molecule has 0 aliphatic carbocycles. The number of rotatable bonds is 7. The van der Waals surface area contributed by atoms with Gasteiger partial charge in [0.1, 0.15) is 0 Å². The number of hydrogen-bond donors (Lipinski definition) is 3. The maximum absolute atomic E-state index is 12.5. The van der Waals surface area contributed by atoms with E-state index >= 15 is 0 Å². The minimum absolute atomic E-state index is 0. The molecule has 30 heavy (non-hydrogen) atoms. The third kappa shape index (κ3) is 9.69. The van der Waals surface area contributed by atoms with Crippen molar-refractivity contribution in [1.82, 2.24) is 15.5 Å². The first kappa shape index (κ1) is 26.8. The zero-order valence-electron chi connectivity index (χ0n) is 17.0. The second-order valence-corrected chi connectivity index (χ2v) is 7.43. The van der Waals surface area contributed by atoms with Crippen molar-refractivity contribution in [3.8, 4) is 0 Å². The van der Waals surface area contributed by atoms with Gasteiger partial charge in [-0.15, -0.1) is 24.0 Å². The number of hydrogen-bond acceptors (Lipinski definition) is 3. The van der Waals surface area contributed by atoms with Crippen molar-refractivity contribution < 1.29 is 18.0 Å². The number of nitrogens with one attached hydrogen (secondary N) is 3. The van der Waals surface area contributed by atoms with Crippen molar-refractivity contribution in [2.24, 2.45) is 4.99 Å². The number of aryl methyl sites for hydroxylation is 1. The molecule has 170 valence electrons. The Morgan fingerprint density at radius 2 is 2.10 bits per heavy atom. The van der Waals surface area contributed by atoms with Crippen LogP contribution in [0.1, 0.15) is 25.3 Å². The van der Waals surface area contributed by atoms with Crippen molar-refractivity contribution in [2.45, 2.75) is 38.9 Å². The van der Waals surface area contributed by atoms with Crippen LogP contribution in [0.15, 0.2) is 23.2 Å². The maximum atomic E-state index is 12.5. The molecule has 0 bridgehead atoms. The number of anilines is 1. The highest BCUT2D eigenvalue weighted by atomic mass is 127. The lowest BCUT2D eigenvalue weighted by molar-refractivity contribution is -0.143. The molecule has 2 rings (SSSR count). The lowest BCUT2D eigenvalue weighted by Gasteiger charge is -2.19. The Morgan fingerprint density at radius 3 is 2.73 bits per heavy atom. The van der Waals surface area contributed by atoms with Crippen molar-refractivity contribution in [3.05, 3.63) is 28.8 Å². The molecule has 1 aliphatic rings. The zero-order chi connectivity index (χ0) is 21.4. The molecule has 1 heterocycles. The molecule has 1 aliphatic heterocycles. The maximum Gasteiger partial charge on any atom is 0.401 e. The summed E-state index contributed by atoms with van der Waals surface area (Å²) in [6.45, 7) is 4.44. The van der Waals surface area contributed by atoms with E-state index in [2.05, 4.69) is 20.9 Å². The number of benzene rings is 1. The number of halogens is 5. The molecule has 1 fully saturated rings. The fourth-order valence-corrected chi connectivity index (χ4v) is 3.35. The van der Waals surface area contributed by atoms with Gasteiger partial charge in [0.25, 0.3) is 0 Å². The van der Waals surface area contributed by atoms with Gasteiger partial charge in [-0.1, -0.05) is 17.7 Å². The first-order valence-electron chi connectivity index (χ1n) is 9.56. The molecule has 3 N–H and O–H groups in total. The topological polar surface area (TPSA) is 68.8 Å². The summed E-state index contributed by atoms with van der Waals surface area (Å²) < 4.78 is 37.6. The standard InChI is InChI=1S/C19H27ClF3N5O.HI/c1-3-24-18(26-14-7-9-28(11-14)12-19(21,22)23)25-8-6-17(29)27-16-5-4-13(2)10-15(16)20;/h4-5,10,14H,3,6-9,11-12H2,1-2H3,(H,27,29)(H2,24,25,26);1H. The SMILES string of the molecule is CCNC(=NCCC(=O)Nc1ccc(C)cc1Cl)NC1CCN(CC(F)(F)F)C1.I. The fraction of sp³-hybridized carbons (Fsp3) is 0.579. The summed E-state index contributed by atoms with van der Waals surface area (Å²) in [4.78, 5) is 17.8. The predicted octanol–water partition coefficient (Wildman–Crippen LogP) is 3.79. The van der Waals surface area contributed by atoms with Gasteiger partial charge in [-0.05, 0) is 38.0 Å². The van der Waals surface area contributed by atoms with E-state index in [1.165, 1.54) is 4.90 Å². The molecule has 0 saturated carbocycles. The number of guanidine groups is 1. The fourth-order valence-electron chi connectivity index (χ4n) is 3.06. The largest absolute Gasteiger partial charge is 0.401 e. The van der Waals surface area contributed by atoms with Crippen LogP contribution in [0.25, 0.3) is 0 Å². The molecule has 11 heteroatoms. The number of likely N-dealkylation sites (tertiary alicyclic amines) is 1. The highest BCUT2D eigenvalue weighted by Crippen LogP contribution is 2.23. The smallest absolute Gasteiger partial charge is 0.357 e. The first-order valence-corrected chi connectivity index (χ1v) is 9.94. The van der Waals surface area contributed by atoms with Gasteiger partial charge >= 0.3 is 6.18 Å². The van der Waals surface area contributed by atoms with E-state index in [0.29, 0.717) is 42.7 Å². The monoisotopic (exact) mass is 561 g/mol. The van der Waals surface area contributed by atoms with Gasteiger partial charge in [0, 0.05) is 32.1 Å². The van der Waals surface area contributed by atoms with E-state index in [1.807, 2.05) is 19.9 Å². The van der Waals surface area contributed by atoms with Gasteiger partial charge in [-0.3, -0.25) is 14.7 Å². The Labute approximate surface area is 197 Å². The van der Waals surface area contributed by atoms with E-state index < -0.39 is 12.7 Å². The van der Waals surface area contributed by atoms with Crippen LogP contribution < -0.4 is 16.0 Å². The van der Waals surface area contributed by atoms with Gasteiger partial charge in [-0.25, -0.2) is 0 Å². The van der Waals surface area contributed by atoms with E-state index in [1.54, 1.807) is 12.1 Å². The summed E-state index contributed by atoms with van der Waals surface area (Å²) in [5.41, 5.74) is 1.55. The molecular weight excluding hydrogens is 534 g/mol. The molecular formula is C19H28ClF3IN5O. The van der Waals surface area contributed by atoms with Gasteiger partial charge in [0.05, 0.1) is 23.8 Å². The second-order valence-electron chi connectivity index (χ2n) is 7.02. The third-order valence-corrected chi connectivity index (χ3v) is 4.68. The molecule has 1 unspecified atom stereocenters. The number of amides is 1. The van der Waals surface area contributed by atoms with Gasteiger partial charge in [0.2, 0.25) is 5.91 Å². The zero-order valence-corrected chi connectivity index (χ0v) is 20.1. The number of aliphatic imine (C=N–C) groups is 1. The second kappa shape index (κ2) is 12.6. The molecule has 1 atom stereocenters. The summed E-state index contributed by atoms with van der Waals surface area (Å²) in [6, 6.07) is 5.26. The number of alkyl halides is 3. The van der Waals surface area contributed by atoms with Crippen LogP contribution in [-0.4, -0.2) is 61.7 Å². The van der Waals surface area contributed by atoms with Crippen LogP contribution >= 0.6 is 35.6 Å². The Morgan fingerprint density at radius 1 is 1.37 bits per heavy atom. The molecule has 0 radical (unpaired) electrons. The molecule has 1 amide bonds. The molecule has 0 spiro atoms. The lowest BCUT2D eigenvalue weighted by Crippen LogP contribution is -2.45. The van der Waals surface area contributed by atoms with Crippen molar-refractivity contribution in [3.63, 3.8) is 0 Å². The minimum atomic E-state index is -4.19. The summed E-state index contributed by atoms with van der Waals surface area (Å²) in [6.07, 6.45) is -3.43. The Balaban J connectivity index is 0.00000450. The van der Waals surface area contributed by atoms with Gasteiger partial charge in [-0.2, -0.15) is 13.2 Å². The van der Waals surface area contributed by atoms with Crippen LogP contribution in [0.3, 0.4) is 0 Å². The van der Waals surface area contributed by atoms with Crippen LogP contribution in [-0.2, 0) is 4.79 Å². The quantitative estimate of drug-likeness (QED) is 0.269. The van der Waals surface area contributed by atoms with Crippen LogP contribution in [0.2, 0.25) is 5.02 Å². The number of carbonyl (C=O) groups excluding carboxylic acids is 1. The summed E-state index contributed by atoms with van der Waals surface area (Å²) in [5.74, 6) is 0.278. The average Bonchev–Trinajstić information content (AvgIpc) is 3.02. The van der Waals surface area contributed by atoms with Gasteiger partial charge < -0.3 is 16.0 Å². The van der Waals surface area contributed by atoms with E-state index in [4.69, 9.17) is 11.6 Å². The van der Waals surface area contributed by atoms with Crippen molar-refractivity contribution in [2.75, 3.05) is 38.0 Å². The van der Waals surface area contributed by atoms with E-state index in [0.717, 1.165) is 5.56 Å². The van der Waals surface area contributed by atoms with Crippen LogP contribution in [0.4, 0.5) is 18.9 Å². The summed E-state index contributed by atoms with van der Waals surface area (Å²) in [7, 11) is 0. The highest BCUT2D eigenvalue weighted by Gasteiger charge is 2.34. The Bertz CT molecular complexity index is 733. The third-order valence-electron chi connectivity index (χ3n) is 4.37. The van der Waals surface area contributed by atoms with Crippen molar-refractivity contribution >= 4 is 53.1 Å². The predicted molar refractivity (Wildman–Crippen MR) is 125 cm³/mol.